The molecule has 0 fully saturated rings. The summed E-state index contributed by atoms with van der Waals surface area (Å²) in [7, 11) is 0. The first-order chi connectivity index (χ1) is 31.4. The molecule has 300 valence electrons. The molecule has 13 aromatic rings. The number of hydrogen-bond acceptors (Lipinski definition) is 4. The van der Waals surface area contributed by atoms with Crippen LogP contribution >= 0.6 is 0 Å². The quantitative estimate of drug-likeness (QED) is 0.163. The minimum absolute atomic E-state index is 0.0582. The number of hydrogen-bond donors (Lipinski definition) is 0. The van der Waals surface area contributed by atoms with Crippen molar-refractivity contribution >= 4 is 117 Å². The maximum absolute atomic E-state index is 7.26. The topological polar surface area (TPSA) is 47.6 Å². The highest BCUT2D eigenvalue weighted by molar-refractivity contribution is 6.94. The predicted molar refractivity (Wildman–Crippen MR) is 266 cm³/mol. The molecule has 15 rings (SSSR count). The van der Waals surface area contributed by atoms with Crippen molar-refractivity contribution in [3.8, 4) is 27.9 Å². The van der Waals surface area contributed by atoms with E-state index in [9.17, 15) is 0 Å². The van der Waals surface area contributed by atoms with Crippen LogP contribution in [-0.4, -0.2) is 11.4 Å². The van der Waals surface area contributed by atoms with Gasteiger partial charge in [-0.3, -0.25) is 0 Å². The molecule has 9 aromatic carbocycles. The standard InChI is InChI=1S/C58H37BN2O3/c1-58(2,3)34-23-26-44-41(27-34)52-53-38-17-9-12-20-49(38)64-57(53)54-42-28-39-36-15-7-10-18-47(36)63-51(39)31-45(42)61(35-24-21-33(22-25-35)32-13-5-4-6-14-32)59-43-30-50-40(37-16-8-11-19-48(37)62-50)29-46(43)60(44)56(52)55(54)59/h4-31H,1-3H3. The van der Waals surface area contributed by atoms with E-state index in [1.54, 1.807) is 0 Å². The van der Waals surface area contributed by atoms with Crippen LogP contribution in [0.25, 0.3) is 116 Å². The number of anilines is 2. The van der Waals surface area contributed by atoms with Gasteiger partial charge in [-0.25, -0.2) is 0 Å². The molecule has 0 aliphatic carbocycles. The number of furan rings is 3. The van der Waals surface area contributed by atoms with Crippen LogP contribution in [0.15, 0.2) is 183 Å². The lowest BCUT2D eigenvalue weighted by molar-refractivity contribution is 0.591. The lowest BCUT2D eigenvalue weighted by Gasteiger charge is -2.42. The molecule has 6 heterocycles. The Hall–Kier alpha value is -7.96. The Labute approximate surface area is 367 Å². The van der Waals surface area contributed by atoms with Crippen molar-refractivity contribution in [1.82, 2.24) is 4.57 Å². The van der Waals surface area contributed by atoms with Crippen LogP contribution in [0.2, 0.25) is 0 Å². The Kier molecular flexibility index (Phi) is 6.46. The average molecular weight is 821 g/mol. The van der Waals surface area contributed by atoms with Gasteiger partial charge in [-0.05, 0) is 93.7 Å². The van der Waals surface area contributed by atoms with E-state index >= 15 is 0 Å². The molecule has 0 unspecified atom stereocenters. The van der Waals surface area contributed by atoms with E-state index < -0.39 is 0 Å². The number of rotatable bonds is 2. The van der Waals surface area contributed by atoms with Crippen LogP contribution < -0.4 is 15.7 Å². The summed E-state index contributed by atoms with van der Waals surface area (Å²) in [5, 5.41) is 9.12. The molecule has 64 heavy (non-hydrogen) atoms. The molecule has 0 atom stereocenters. The highest BCUT2D eigenvalue weighted by Gasteiger charge is 2.47. The van der Waals surface area contributed by atoms with E-state index in [2.05, 4.69) is 194 Å². The molecule has 4 aromatic heterocycles. The second kappa shape index (κ2) is 11.9. The zero-order valence-electron chi connectivity index (χ0n) is 35.4. The molecule has 0 amide bonds. The molecule has 0 spiro atoms. The molecular weight excluding hydrogens is 783 g/mol. The van der Waals surface area contributed by atoms with Crippen LogP contribution in [0, 0.1) is 0 Å². The van der Waals surface area contributed by atoms with Crippen LogP contribution in [0.5, 0.6) is 0 Å². The largest absolute Gasteiger partial charge is 0.456 e. The minimum Gasteiger partial charge on any atom is -0.456 e. The van der Waals surface area contributed by atoms with E-state index in [-0.39, 0.29) is 12.3 Å². The Morgan fingerprint density at radius 2 is 1.09 bits per heavy atom. The number of fused-ring (bicyclic) bond motifs is 19. The maximum atomic E-state index is 7.26. The number of aromatic nitrogens is 1. The lowest BCUT2D eigenvalue weighted by atomic mass is 9.43. The maximum Gasteiger partial charge on any atom is 0.333 e. The number of benzene rings is 9. The molecule has 0 saturated heterocycles. The summed E-state index contributed by atoms with van der Waals surface area (Å²) in [6, 6.07) is 61.6. The monoisotopic (exact) mass is 820 g/mol. The molecule has 5 nitrogen and oxygen atoms in total. The van der Waals surface area contributed by atoms with Crippen molar-refractivity contribution in [1.29, 1.82) is 0 Å². The summed E-state index contributed by atoms with van der Waals surface area (Å²) in [4.78, 5) is 2.56. The van der Waals surface area contributed by atoms with Crippen LogP contribution in [0.3, 0.4) is 0 Å². The fourth-order valence-electron chi connectivity index (χ4n) is 11.4. The van der Waals surface area contributed by atoms with E-state index in [0.29, 0.717) is 0 Å². The van der Waals surface area contributed by atoms with Gasteiger partial charge in [0.1, 0.15) is 33.5 Å². The molecular formula is C58H37BN2O3. The Morgan fingerprint density at radius 3 is 1.81 bits per heavy atom. The van der Waals surface area contributed by atoms with Crippen LogP contribution in [0.1, 0.15) is 26.3 Å². The SMILES string of the molecule is CC(C)(C)c1ccc2c(c1)c1c3c(oc4ccccc43)c3c4c1n2-c1cc2c(cc1B4N(c1ccc(-c4ccccc4)cc1)c1cc4oc5ccccc5c4cc1-3)oc1ccccc12. The molecule has 2 aliphatic heterocycles. The first kappa shape index (κ1) is 34.6. The third-order valence-corrected chi connectivity index (χ3v) is 14.3. The Morgan fingerprint density at radius 1 is 0.469 bits per heavy atom. The zero-order valence-corrected chi connectivity index (χ0v) is 35.4. The van der Waals surface area contributed by atoms with E-state index in [0.717, 1.165) is 99.5 Å². The van der Waals surface area contributed by atoms with Gasteiger partial charge >= 0.3 is 6.85 Å². The van der Waals surface area contributed by atoms with E-state index in [1.807, 2.05) is 6.07 Å². The van der Waals surface area contributed by atoms with Crippen molar-refractivity contribution in [2.45, 2.75) is 26.2 Å². The first-order valence-electron chi connectivity index (χ1n) is 22.2. The lowest BCUT2D eigenvalue weighted by Crippen LogP contribution is -2.60. The summed E-state index contributed by atoms with van der Waals surface area (Å²) in [5.74, 6) is 0. The summed E-state index contributed by atoms with van der Waals surface area (Å²) in [6.45, 7) is 6.65. The van der Waals surface area contributed by atoms with Crippen molar-refractivity contribution in [2.24, 2.45) is 0 Å². The summed E-state index contributed by atoms with van der Waals surface area (Å²) < 4.78 is 23.3. The first-order valence-corrected chi connectivity index (χ1v) is 22.2. The summed E-state index contributed by atoms with van der Waals surface area (Å²) in [5.41, 5.74) is 19.2. The van der Waals surface area contributed by atoms with Crippen molar-refractivity contribution in [3.05, 3.63) is 175 Å². The molecule has 6 heteroatoms. The highest BCUT2D eigenvalue weighted by Crippen LogP contribution is 2.53. The number of para-hydroxylation sites is 3. The summed E-state index contributed by atoms with van der Waals surface area (Å²) in [6.07, 6.45) is 0. The van der Waals surface area contributed by atoms with Gasteiger partial charge in [0.15, 0.2) is 0 Å². The van der Waals surface area contributed by atoms with Gasteiger partial charge < -0.3 is 22.6 Å². The second-order valence-electron chi connectivity index (χ2n) is 18.8. The van der Waals surface area contributed by atoms with Crippen molar-refractivity contribution in [3.63, 3.8) is 0 Å². The van der Waals surface area contributed by atoms with Gasteiger partial charge in [0.05, 0.1) is 11.0 Å². The normalized spacial score (nSPS) is 13.5. The zero-order chi connectivity index (χ0) is 42.2. The fraction of sp³-hybridized carbons (Fsp3) is 0.0690. The van der Waals surface area contributed by atoms with Gasteiger partial charge in [0.2, 0.25) is 0 Å². The van der Waals surface area contributed by atoms with Gasteiger partial charge in [-0.1, -0.05) is 124 Å². The number of nitrogens with zero attached hydrogens (tertiary/aromatic N) is 2. The average Bonchev–Trinajstić information content (AvgIpc) is 4.08. The molecule has 2 aliphatic rings. The predicted octanol–water partition coefficient (Wildman–Crippen LogP) is 14.7. The van der Waals surface area contributed by atoms with Gasteiger partial charge in [0, 0.05) is 77.3 Å². The highest BCUT2D eigenvalue weighted by atomic mass is 16.3. The van der Waals surface area contributed by atoms with Crippen molar-refractivity contribution in [2.75, 3.05) is 4.81 Å². The molecule has 0 saturated carbocycles. The molecule has 0 N–H and O–H groups in total. The second-order valence-corrected chi connectivity index (χ2v) is 18.8. The van der Waals surface area contributed by atoms with Gasteiger partial charge in [-0.2, -0.15) is 0 Å². The van der Waals surface area contributed by atoms with Gasteiger partial charge in [-0.15, -0.1) is 0 Å². The smallest absolute Gasteiger partial charge is 0.333 e. The minimum atomic E-state index is -0.265. The van der Waals surface area contributed by atoms with E-state index in [1.165, 1.54) is 44.0 Å². The summed E-state index contributed by atoms with van der Waals surface area (Å²) >= 11 is 0. The third kappa shape index (κ3) is 4.39. The van der Waals surface area contributed by atoms with E-state index in [4.69, 9.17) is 13.3 Å². The van der Waals surface area contributed by atoms with Gasteiger partial charge in [0.25, 0.3) is 0 Å². The van der Waals surface area contributed by atoms with Crippen molar-refractivity contribution < 1.29 is 13.3 Å². The van der Waals surface area contributed by atoms with Crippen LogP contribution in [0.4, 0.5) is 11.4 Å². The third-order valence-electron chi connectivity index (χ3n) is 14.3. The Balaban J connectivity index is 1.17. The van der Waals surface area contributed by atoms with Crippen LogP contribution in [-0.2, 0) is 5.41 Å². The molecule has 0 bridgehead atoms. The Bertz CT molecular complexity index is 4180. The molecule has 0 radical (unpaired) electrons. The fourth-order valence-corrected chi connectivity index (χ4v) is 11.4.